The molecule has 0 saturated carbocycles. The predicted octanol–water partition coefficient (Wildman–Crippen LogP) is 1.12. The summed E-state index contributed by atoms with van der Waals surface area (Å²) in [7, 11) is 0. The largest absolute Gasteiger partial charge is 0.325 e. The molecule has 1 aliphatic heterocycles. The minimum absolute atomic E-state index is 0.0646. The highest BCUT2D eigenvalue weighted by atomic mass is 16.2. The van der Waals surface area contributed by atoms with E-state index in [4.69, 9.17) is 11.0 Å². The van der Waals surface area contributed by atoms with Crippen LogP contribution in [0.3, 0.4) is 0 Å². The SMILES string of the molecule is CCC(C)[C@H](N)C(=O)N1C[C@H](C)C[C@H]1C#N. The van der Waals surface area contributed by atoms with Crippen LogP contribution in [-0.2, 0) is 4.79 Å². The fraction of sp³-hybridized carbons (Fsp3) is 0.833. The van der Waals surface area contributed by atoms with Gasteiger partial charge in [-0.1, -0.05) is 27.2 Å². The summed E-state index contributed by atoms with van der Waals surface area (Å²) in [6.07, 6.45) is 1.66. The summed E-state index contributed by atoms with van der Waals surface area (Å²) in [4.78, 5) is 13.8. The van der Waals surface area contributed by atoms with E-state index in [9.17, 15) is 4.79 Å². The Morgan fingerprint density at radius 3 is 2.81 bits per heavy atom. The van der Waals surface area contributed by atoms with Gasteiger partial charge in [-0.25, -0.2) is 0 Å². The quantitative estimate of drug-likeness (QED) is 0.779. The van der Waals surface area contributed by atoms with Crippen molar-refractivity contribution >= 4 is 5.91 Å². The fourth-order valence-corrected chi connectivity index (χ4v) is 2.10. The van der Waals surface area contributed by atoms with Crippen molar-refractivity contribution in [3.8, 4) is 6.07 Å². The molecule has 0 spiro atoms. The van der Waals surface area contributed by atoms with Gasteiger partial charge >= 0.3 is 0 Å². The maximum atomic E-state index is 12.1. The van der Waals surface area contributed by atoms with Crippen molar-refractivity contribution < 1.29 is 4.79 Å². The lowest BCUT2D eigenvalue weighted by Crippen LogP contribution is -2.48. The van der Waals surface area contributed by atoms with Crippen LogP contribution in [0.25, 0.3) is 0 Å². The first-order chi connectivity index (χ1) is 7.51. The Labute approximate surface area is 97.4 Å². The molecule has 1 aliphatic rings. The number of hydrogen-bond acceptors (Lipinski definition) is 3. The lowest BCUT2D eigenvalue weighted by atomic mass is 9.99. The van der Waals surface area contributed by atoms with Crippen molar-refractivity contribution in [2.24, 2.45) is 17.6 Å². The number of amides is 1. The minimum atomic E-state index is -0.467. The van der Waals surface area contributed by atoms with Crippen LogP contribution in [0.2, 0.25) is 0 Å². The van der Waals surface area contributed by atoms with E-state index in [1.807, 2.05) is 13.8 Å². The number of carbonyl (C=O) groups excluding carboxylic acids is 1. The molecule has 0 aromatic heterocycles. The Kier molecular flexibility index (Phi) is 4.31. The maximum Gasteiger partial charge on any atom is 0.240 e. The molecule has 1 amide bonds. The summed E-state index contributed by atoms with van der Waals surface area (Å²) >= 11 is 0. The Morgan fingerprint density at radius 2 is 2.31 bits per heavy atom. The van der Waals surface area contributed by atoms with Crippen LogP contribution < -0.4 is 5.73 Å². The van der Waals surface area contributed by atoms with Crippen LogP contribution in [0, 0.1) is 23.2 Å². The summed E-state index contributed by atoms with van der Waals surface area (Å²) in [6, 6.07) is 1.44. The van der Waals surface area contributed by atoms with Crippen LogP contribution in [0.5, 0.6) is 0 Å². The number of hydrogen-bond donors (Lipinski definition) is 1. The van der Waals surface area contributed by atoms with Gasteiger partial charge in [-0.05, 0) is 18.3 Å². The van der Waals surface area contributed by atoms with Gasteiger partial charge in [0.1, 0.15) is 6.04 Å². The van der Waals surface area contributed by atoms with Crippen molar-refractivity contribution in [2.45, 2.75) is 45.7 Å². The molecule has 1 heterocycles. The van der Waals surface area contributed by atoms with Gasteiger partial charge < -0.3 is 10.6 Å². The van der Waals surface area contributed by atoms with Gasteiger partial charge in [0.05, 0.1) is 12.1 Å². The third-order valence-corrected chi connectivity index (χ3v) is 3.48. The second kappa shape index (κ2) is 5.31. The zero-order valence-corrected chi connectivity index (χ0v) is 10.3. The Bertz CT molecular complexity index is 297. The van der Waals surface area contributed by atoms with Crippen LogP contribution in [0.15, 0.2) is 0 Å². The van der Waals surface area contributed by atoms with E-state index >= 15 is 0 Å². The van der Waals surface area contributed by atoms with Crippen molar-refractivity contribution in [3.63, 3.8) is 0 Å². The number of nitrogens with two attached hydrogens (primary N) is 1. The summed E-state index contributed by atoms with van der Waals surface area (Å²) in [5.74, 6) is 0.505. The lowest BCUT2D eigenvalue weighted by molar-refractivity contribution is -0.133. The molecule has 90 valence electrons. The molecule has 1 unspecified atom stereocenters. The van der Waals surface area contributed by atoms with Crippen LogP contribution >= 0.6 is 0 Å². The Morgan fingerprint density at radius 1 is 1.69 bits per heavy atom. The molecule has 0 aliphatic carbocycles. The van der Waals surface area contributed by atoms with E-state index in [0.29, 0.717) is 12.5 Å². The fourth-order valence-electron chi connectivity index (χ4n) is 2.10. The molecule has 0 aromatic carbocycles. The monoisotopic (exact) mass is 223 g/mol. The molecule has 0 aromatic rings. The van der Waals surface area contributed by atoms with Gasteiger partial charge in [0.25, 0.3) is 0 Å². The van der Waals surface area contributed by atoms with Gasteiger partial charge in [-0.15, -0.1) is 0 Å². The molecule has 0 bridgehead atoms. The number of likely N-dealkylation sites (tertiary alicyclic amines) is 1. The van der Waals surface area contributed by atoms with E-state index in [-0.39, 0.29) is 17.9 Å². The van der Waals surface area contributed by atoms with Crippen molar-refractivity contribution in [1.29, 1.82) is 5.26 Å². The molecular formula is C12H21N3O. The summed E-state index contributed by atoms with van der Waals surface area (Å²) in [6.45, 7) is 6.73. The normalized spacial score (nSPS) is 28.6. The molecule has 1 rings (SSSR count). The third kappa shape index (κ3) is 2.53. The zero-order valence-electron chi connectivity index (χ0n) is 10.3. The molecule has 2 N–H and O–H groups in total. The molecule has 0 radical (unpaired) electrons. The summed E-state index contributed by atoms with van der Waals surface area (Å²) in [5.41, 5.74) is 5.91. The van der Waals surface area contributed by atoms with Gasteiger partial charge in [-0.2, -0.15) is 5.26 Å². The topological polar surface area (TPSA) is 70.1 Å². The lowest BCUT2D eigenvalue weighted by Gasteiger charge is -2.26. The van der Waals surface area contributed by atoms with E-state index in [2.05, 4.69) is 13.0 Å². The van der Waals surface area contributed by atoms with Crippen LogP contribution in [0.1, 0.15) is 33.6 Å². The van der Waals surface area contributed by atoms with Gasteiger partial charge in [0.2, 0.25) is 5.91 Å². The second-order valence-electron chi connectivity index (χ2n) is 4.89. The van der Waals surface area contributed by atoms with Crippen molar-refractivity contribution in [3.05, 3.63) is 0 Å². The van der Waals surface area contributed by atoms with E-state index in [0.717, 1.165) is 12.8 Å². The average Bonchev–Trinajstić information content (AvgIpc) is 2.67. The predicted molar refractivity (Wildman–Crippen MR) is 62.3 cm³/mol. The number of carbonyl (C=O) groups is 1. The second-order valence-corrected chi connectivity index (χ2v) is 4.89. The molecule has 4 heteroatoms. The van der Waals surface area contributed by atoms with Crippen molar-refractivity contribution in [2.75, 3.05) is 6.54 Å². The number of nitrogens with zero attached hydrogens (tertiary/aromatic N) is 2. The minimum Gasteiger partial charge on any atom is -0.325 e. The van der Waals surface area contributed by atoms with Gasteiger partial charge in [0.15, 0.2) is 0 Å². The average molecular weight is 223 g/mol. The number of rotatable bonds is 3. The van der Waals surface area contributed by atoms with E-state index in [1.54, 1.807) is 4.90 Å². The molecule has 4 nitrogen and oxygen atoms in total. The molecule has 1 saturated heterocycles. The number of nitriles is 1. The first kappa shape index (κ1) is 13.0. The first-order valence-electron chi connectivity index (χ1n) is 5.96. The molecular weight excluding hydrogens is 202 g/mol. The summed E-state index contributed by atoms with van der Waals surface area (Å²) in [5, 5.41) is 9.00. The van der Waals surface area contributed by atoms with Gasteiger partial charge in [0, 0.05) is 6.54 Å². The van der Waals surface area contributed by atoms with Crippen LogP contribution in [0.4, 0.5) is 0 Å². The standard InChI is InChI=1S/C12H21N3O/c1-4-9(3)11(14)12(16)15-7-8(2)5-10(15)6-13/h8-11H,4-5,7,14H2,1-3H3/t8-,9?,10+,11+/m1/s1. The van der Waals surface area contributed by atoms with Crippen LogP contribution in [-0.4, -0.2) is 29.4 Å². The summed E-state index contributed by atoms with van der Waals surface area (Å²) < 4.78 is 0. The van der Waals surface area contributed by atoms with Gasteiger partial charge in [-0.3, -0.25) is 4.79 Å². The molecule has 1 fully saturated rings. The molecule has 4 atom stereocenters. The highest BCUT2D eigenvalue weighted by Gasteiger charge is 2.36. The highest BCUT2D eigenvalue weighted by molar-refractivity contribution is 5.82. The van der Waals surface area contributed by atoms with Crippen molar-refractivity contribution in [1.82, 2.24) is 4.90 Å². The molecule has 16 heavy (non-hydrogen) atoms. The highest BCUT2D eigenvalue weighted by Crippen LogP contribution is 2.24. The van der Waals surface area contributed by atoms with E-state index in [1.165, 1.54) is 0 Å². The first-order valence-corrected chi connectivity index (χ1v) is 5.96. The zero-order chi connectivity index (χ0) is 12.3. The third-order valence-electron chi connectivity index (χ3n) is 3.48. The smallest absolute Gasteiger partial charge is 0.240 e. The Balaban J connectivity index is 2.70. The maximum absolute atomic E-state index is 12.1. The van der Waals surface area contributed by atoms with E-state index < -0.39 is 6.04 Å². The Hall–Kier alpha value is -1.08.